The van der Waals surface area contributed by atoms with Gasteiger partial charge in [-0.15, -0.1) is 10.2 Å². The van der Waals surface area contributed by atoms with Gasteiger partial charge in [0.15, 0.2) is 0 Å². The number of benzene rings is 4. The molecular weight excluding hydrogens is 542 g/mol. The van der Waals surface area contributed by atoms with E-state index in [2.05, 4.69) is 117 Å². The van der Waals surface area contributed by atoms with Gasteiger partial charge in [0.25, 0.3) is 0 Å². The summed E-state index contributed by atoms with van der Waals surface area (Å²) in [6, 6.07) is 31.1. The van der Waals surface area contributed by atoms with Gasteiger partial charge in [0, 0.05) is 23.8 Å². The van der Waals surface area contributed by atoms with Crippen molar-refractivity contribution in [3.8, 4) is 11.4 Å². The second kappa shape index (κ2) is 20.2. The maximum absolute atomic E-state index is 4.24. The molecule has 0 saturated carbocycles. The van der Waals surface area contributed by atoms with E-state index in [4.69, 9.17) is 0 Å². The molecule has 4 aromatic carbocycles. The summed E-state index contributed by atoms with van der Waals surface area (Å²) in [6.07, 6.45) is 4.11. The minimum atomic E-state index is 0.634. The molecular formula is C37H47N7. The van der Waals surface area contributed by atoms with E-state index in [9.17, 15) is 0 Å². The van der Waals surface area contributed by atoms with Crippen LogP contribution in [0.15, 0.2) is 106 Å². The van der Waals surface area contributed by atoms with Crippen LogP contribution in [0.4, 0.5) is 11.4 Å². The van der Waals surface area contributed by atoms with Crippen LogP contribution in [-0.2, 0) is 19.4 Å². The number of hydrogen-bond acceptors (Lipinski definition) is 6. The molecule has 1 aromatic heterocycles. The SMILES string of the molecule is CC.CC.CCc1ccccc1.Cc1ccc(-c2nn[nH]n2)cc1.Cc1ccc2c(c1)N=CC2.Cc1ccc2c(c1)N=NC2. The third-order valence-corrected chi connectivity index (χ3v) is 6.35. The normalized spacial score (nSPS) is 10.9. The third kappa shape index (κ3) is 11.8. The van der Waals surface area contributed by atoms with Crippen molar-refractivity contribution in [1.29, 1.82) is 0 Å². The number of H-pyrrole nitrogens is 1. The van der Waals surface area contributed by atoms with Crippen LogP contribution < -0.4 is 0 Å². The van der Waals surface area contributed by atoms with E-state index in [0.29, 0.717) is 5.82 Å². The Hall–Kier alpha value is -4.78. The molecule has 2 aliphatic heterocycles. The zero-order valence-electron chi connectivity index (χ0n) is 27.5. The molecule has 0 spiro atoms. The Bertz CT molecular complexity index is 1480. The number of nitrogens with zero attached hydrogens (tertiary/aromatic N) is 6. The molecule has 0 atom stereocenters. The summed E-state index contributed by atoms with van der Waals surface area (Å²) in [6.45, 7) is 17.1. The van der Waals surface area contributed by atoms with E-state index >= 15 is 0 Å². The van der Waals surface area contributed by atoms with Crippen LogP contribution in [0, 0.1) is 20.8 Å². The fraction of sp³-hybridized carbons (Fsp3) is 0.297. The quantitative estimate of drug-likeness (QED) is 0.222. The van der Waals surface area contributed by atoms with Crippen LogP contribution in [0.3, 0.4) is 0 Å². The van der Waals surface area contributed by atoms with Gasteiger partial charge in [0.1, 0.15) is 0 Å². The zero-order valence-corrected chi connectivity index (χ0v) is 27.5. The number of rotatable bonds is 2. The molecule has 0 saturated heterocycles. The maximum atomic E-state index is 4.24. The summed E-state index contributed by atoms with van der Waals surface area (Å²) in [5, 5.41) is 21.5. The number of tetrazole rings is 1. The topological polar surface area (TPSA) is 91.5 Å². The fourth-order valence-corrected chi connectivity index (χ4v) is 4.00. The molecule has 0 radical (unpaired) electrons. The van der Waals surface area contributed by atoms with Gasteiger partial charge in [-0.3, -0.25) is 4.99 Å². The van der Waals surface area contributed by atoms with E-state index in [1.165, 1.54) is 33.4 Å². The van der Waals surface area contributed by atoms with Crippen LogP contribution in [-0.4, -0.2) is 26.8 Å². The molecule has 0 fully saturated rings. The van der Waals surface area contributed by atoms with Gasteiger partial charge in [-0.25, -0.2) is 0 Å². The number of aryl methyl sites for hydroxylation is 4. The number of aromatic nitrogens is 4. The van der Waals surface area contributed by atoms with E-state index < -0.39 is 0 Å². The predicted octanol–water partition coefficient (Wildman–Crippen LogP) is 10.3. The van der Waals surface area contributed by atoms with Crippen molar-refractivity contribution in [1.82, 2.24) is 20.6 Å². The van der Waals surface area contributed by atoms with Crippen molar-refractivity contribution in [3.63, 3.8) is 0 Å². The van der Waals surface area contributed by atoms with Gasteiger partial charge in [-0.1, -0.05) is 119 Å². The predicted molar refractivity (Wildman–Crippen MR) is 185 cm³/mol. The fourth-order valence-electron chi connectivity index (χ4n) is 4.00. The van der Waals surface area contributed by atoms with E-state index in [0.717, 1.165) is 36.3 Å². The molecule has 0 unspecified atom stereocenters. The molecule has 1 N–H and O–H groups in total. The van der Waals surface area contributed by atoms with E-state index in [-0.39, 0.29) is 0 Å². The first-order valence-electron chi connectivity index (χ1n) is 15.5. The van der Waals surface area contributed by atoms with Crippen molar-refractivity contribution < 1.29 is 0 Å². The Morgan fingerprint density at radius 2 is 1.30 bits per heavy atom. The first-order chi connectivity index (χ1) is 21.5. The third-order valence-electron chi connectivity index (χ3n) is 6.35. The highest BCUT2D eigenvalue weighted by atomic mass is 15.5. The summed E-state index contributed by atoms with van der Waals surface area (Å²) in [5.74, 6) is 0.634. The Morgan fingerprint density at radius 3 is 1.89 bits per heavy atom. The molecule has 230 valence electrons. The lowest BCUT2D eigenvalue weighted by Crippen LogP contribution is -1.80. The lowest BCUT2D eigenvalue weighted by molar-refractivity contribution is 0.881. The highest BCUT2D eigenvalue weighted by Crippen LogP contribution is 2.27. The number of aliphatic imine (C=N–C) groups is 1. The Kier molecular flexibility index (Phi) is 16.2. The number of aromatic amines is 1. The van der Waals surface area contributed by atoms with Gasteiger partial charge < -0.3 is 0 Å². The minimum Gasteiger partial charge on any atom is -0.261 e. The second-order valence-corrected chi connectivity index (χ2v) is 9.62. The maximum Gasteiger partial charge on any atom is 0.204 e. The number of hydrogen-bond donors (Lipinski definition) is 1. The molecule has 5 aromatic rings. The van der Waals surface area contributed by atoms with Crippen molar-refractivity contribution in [3.05, 3.63) is 124 Å². The lowest BCUT2D eigenvalue weighted by Gasteiger charge is -1.96. The van der Waals surface area contributed by atoms with Gasteiger partial charge in [0.05, 0.1) is 17.9 Å². The monoisotopic (exact) mass is 589 g/mol. The van der Waals surface area contributed by atoms with Crippen LogP contribution in [0.5, 0.6) is 0 Å². The van der Waals surface area contributed by atoms with Crippen LogP contribution in [0.25, 0.3) is 11.4 Å². The Morgan fingerprint density at radius 1 is 0.682 bits per heavy atom. The number of azo groups is 1. The van der Waals surface area contributed by atoms with Crippen LogP contribution in [0.1, 0.15) is 68.0 Å². The summed E-state index contributed by atoms with van der Waals surface area (Å²) in [5.41, 5.74) is 10.9. The molecule has 7 nitrogen and oxygen atoms in total. The first kappa shape index (κ1) is 35.4. The lowest BCUT2D eigenvalue weighted by atomic mass is 10.1. The smallest absolute Gasteiger partial charge is 0.204 e. The van der Waals surface area contributed by atoms with Crippen LogP contribution in [0.2, 0.25) is 0 Å². The summed E-state index contributed by atoms with van der Waals surface area (Å²) in [7, 11) is 0. The molecule has 0 bridgehead atoms. The van der Waals surface area contributed by atoms with Crippen molar-refractivity contribution >= 4 is 17.6 Å². The molecule has 3 heterocycles. The van der Waals surface area contributed by atoms with Crippen molar-refractivity contribution in [2.24, 2.45) is 15.2 Å². The van der Waals surface area contributed by atoms with Gasteiger partial charge >= 0.3 is 0 Å². The molecule has 2 aliphatic rings. The molecule has 0 aliphatic carbocycles. The number of fused-ring (bicyclic) bond motifs is 2. The summed E-state index contributed by atoms with van der Waals surface area (Å²) < 4.78 is 0. The molecule has 7 heteroatoms. The number of nitrogens with one attached hydrogen (secondary N) is 1. The highest BCUT2D eigenvalue weighted by Gasteiger charge is 2.06. The summed E-state index contributed by atoms with van der Waals surface area (Å²) in [4.78, 5) is 4.24. The zero-order chi connectivity index (χ0) is 32.2. The van der Waals surface area contributed by atoms with Crippen LogP contribution >= 0.6 is 0 Å². The largest absolute Gasteiger partial charge is 0.261 e. The van der Waals surface area contributed by atoms with Crippen molar-refractivity contribution in [2.75, 3.05) is 0 Å². The first-order valence-corrected chi connectivity index (χ1v) is 15.5. The van der Waals surface area contributed by atoms with Gasteiger partial charge in [0.2, 0.25) is 5.82 Å². The van der Waals surface area contributed by atoms with E-state index in [1.807, 2.05) is 71.2 Å². The van der Waals surface area contributed by atoms with Gasteiger partial charge in [-0.05, 0) is 66.8 Å². The minimum absolute atomic E-state index is 0.634. The Labute approximate surface area is 263 Å². The van der Waals surface area contributed by atoms with Gasteiger partial charge in [-0.2, -0.15) is 15.4 Å². The summed E-state index contributed by atoms with van der Waals surface area (Å²) >= 11 is 0. The molecule has 44 heavy (non-hydrogen) atoms. The van der Waals surface area contributed by atoms with Crippen molar-refractivity contribution in [2.45, 2.75) is 74.8 Å². The second-order valence-electron chi connectivity index (χ2n) is 9.62. The highest BCUT2D eigenvalue weighted by molar-refractivity contribution is 5.75. The molecule has 0 amide bonds. The average Bonchev–Trinajstić information content (AvgIpc) is 3.87. The average molecular weight is 590 g/mol. The standard InChI is InChI=1S/C9H9N.C8H8N4.C8H8N2.C8H10.2C2H6/c1-7-2-3-8-4-5-10-9(8)6-7;1-6-2-4-7(5-3-6)8-9-11-12-10-8;1-6-2-3-7-5-9-10-8(7)4-6;1-2-8-6-4-3-5-7-8;2*1-2/h2-3,5-6H,4H2,1H3;2-5H,1H3,(H,9,10,11,12);2-4H,5H2,1H3;3-7H,2H2,1H3;2*1-2H3. The van der Waals surface area contributed by atoms with E-state index in [1.54, 1.807) is 0 Å². The molecule has 7 rings (SSSR count). The Balaban J connectivity index is 0.000000198.